The zero-order valence-corrected chi connectivity index (χ0v) is 28.4. The van der Waals surface area contributed by atoms with E-state index in [9.17, 15) is 9.36 Å². The van der Waals surface area contributed by atoms with Gasteiger partial charge in [0, 0.05) is 38.5 Å². The molecule has 1 aliphatic rings. The van der Waals surface area contributed by atoms with Crippen LogP contribution in [0.3, 0.4) is 0 Å². The highest BCUT2D eigenvalue weighted by Gasteiger charge is 2.29. The molecular formula is C26H36ClN7O7PS2-. The van der Waals surface area contributed by atoms with Gasteiger partial charge in [-0.3, -0.25) is 14.3 Å². The number of amides is 1. The summed E-state index contributed by atoms with van der Waals surface area (Å²) in [6, 6.07) is 7.32. The predicted molar refractivity (Wildman–Crippen MR) is 171 cm³/mol. The van der Waals surface area contributed by atoms with Gasteiger partial charge in [-0.05, 0) is 39.3 Å². The summed E-state index contributed by atoms with van der Waals surface area (Å²) in [6.07, 6.45) is 2.40. The molecule has 0 spiro atoms. The van der Waals surface area contributed by atoms with Gasteiger partial charge in [-0.25, -0.2) is 23.4 Å². The Bertz CT molecular complexity index is 1550. The summed E-state index contributed by atoms with van der Waals surface area (Å²) >= 11 is 7.46. The third-order valence-corrected chi connectivity index (χ3v) is 9.25. The largest absolute Gasteiger partial charge is 0.748 e. The molecule has 14 nitrogen and oxygen atoms in total. The van der Waals surface area contributed by atoms with E-state index < -0.39 is 17.7 Å². The first kappa shape index (κ1) is 35.8. The lowest BCUT2D eigenvalue weighted by molar-refractivity contribution is 0.103. The van der Waals surface area contributed by atoms with Crippen molar-refractivity contribution in [1.82, 2.24) is 19.9 Å². The van der Waals surface area contributed by atoms with E-state index in [4.69, 9.17) is 33.6 Å². The zero-order chi connectivity index (χ0) is 32.5. The van der Waals surface area contributed by atoms with Crippen LogP contribution in [0.2, 0.25) is 5.02 Å². The molecule has 4 rings (SSSR count). The van der Waals surface area contributed by atoms with Crippen molar-refractivity contribution in [2.24, 2.45) is 0 Å². The van der Waals surface area contributed by atoms with E-state index in [0.29, 0.717) is 78.0 Å². The van der Waals surface area contributed by atoms with Gasteiger partial charge in [0.2, 0.25) is 0 Å². The number of anilines is 4. The van der Waals surface area contributed by atoms with E-state index in [1.54, 1.807) is 6.07 Å². The summed E-state index contributed by atoms with van der Waals surface area (Å²) in [5.41, 5.74) is 1.46. The molecule has 1 saturated heterocycles. The van der Waals surface area contributed by atoms with Crippen molar-refractivity contribution >= 4 is 69.0 Å². The fourth-order valence-corrected chi connectivity index (χ4v) is 6.95. The highest BCUT2D eigenvalue weighted by molar-refractivity contribution is 7.84. The van der Waals surface area contributed by atoms with Crippen LogP contribution in [0.15, 0.2) is 30.5 Å². The molecule has 18 heteroatoms. The SMILES string of the molecule is CCOP(=O)(CN1CCN(c2cc(Nc3ncc(C(=O)Nc4c(C)cccc4Cl)s3)nc(C)n2)CC1)OCC.CS(=O)(=O)[O-]. The average molecular weight is 689 g/mol. The van der Waals surface area contributed by atoms with Gasteiger partial charge < -0.3 is 29.1 Å². The van der Waals surface area contributed by atoms with Crippen molar-refractivity contribution in [2.75, 3.05) is 67.5 Å². The molecular weight excluding hydrogens is 653 g/mol. The number of rotatable bonds is 11. The van der Waals surface area contributed by atoms with Gasteiger partial charge in [0.25, 0.3) is 5.91 Å². The lowest BCUT2D eigenvalue weighted by Gasteiger charge is -2.36. The van der Waals surface area contributed by atoms with Crippen LogP contribution in [0.4, 0.5) is 22.5 Å². The summed E-state index contributed by atoms with van der Waals surface area (Å²) in [6.45, 7) is 10.9. The Morgan fingerprint density at radius 1 is 1.14 bits per heavy atom. The average Bonchev–Trinajstić information content (AvgIpc) is 3.39. The monoisotopic (exact) mass is 688 g/mol. The van der Waals surface area contributed by atoms with Crippen molar-refractivity contribution in [2.45, 2.75) is 27.7 Å². The quantitative estimate of drug-likeness (QED) is 0.209. The fraction of sp³-hybridized carbons (Fsp3) is 0.462. The number of para-hydroxylation sites is 1. The number of piperazine rings is 1. The normalized spacial score (nSPS) is 14.1. The number of nitrogens with one attached hydrogen (secondary N) is 2. The van der Waals surface area contributed by atoms with Crippen LogP contribution in [0, 0.1) is 13.8 Å². The Kier molecular flexibility index (Phi) is 13.0. The van der Waals surface area contributed by atoms with Crippen molar-refractivity contribution in [1.29, 1.82) is 0 Å². The number of benzene rings is 1. The van der Waals surface area contributed by atoms with Gasteiger partial charge in [-0.15, -0.1) is 0 Å². The molecule has 0 bridgehead atoms. The molecule has 2 aromatic heterocycles. The van der Waals surface area contributed by atoms with E-state index >= 15 is 0 Å². The lowest BCUT2D eigenvalue weighted by Crippen LogP contribution is -2.47. The second-order valence-electron chi connectivity index (χ2n) is 9.60. The van der Waals surface area contributed by atoms with Crippen LogP contribution in [0.5, 0.6) is 0 Å². The number of thiazole rings is 1. The zero-order valence-electron chi connectivity index (χ0n) is 25.1. The van der Waals surface area contributed by atoms with Crippen LogP contribution in [-0.4, -0.2) is 90.7 Å². The second kappa shape index (κ2) is 16.0. The Hall–Kier alpha value is -2.69. The standard InChI is InChI=1S/C25H33ClN7O4PS.CH4O3S/c1-5-36-38(35,37-6-2)16-32-10-12-33(13-11-32)22-14-21(28-18(4)29-22)30-25-27-15-20(39-25)24(34)31-23-17(3)8-7-9-19(23)26;1-5(2,3)4/h7-9,14-15H,5-6,10-13,16H2,1-4H3,(H,31,34)(H,27,28,29,30);1H3,(H,2,3,4)/p-1. The minimum Gasteiger partial charge on any atom is -0.748 e. The molecule has 1 aliphatic heterocycles. The first-order valence-corrected chi connectivity index (χ1v) is 18.3. The number of aromatic nitrogens is 3. The Morgan fingerprint density at radius 2 is 1.77 bits per heavy atom. The maximum absolute atomic E-state index is 12.9. The molecule has 0 unspecified atom stereocenters. The maximum Gasteiger partial charge on any atom is 0.344 e. The maximum atomic E-state index is 12.9. The van der Waals surface area contributed by atoms with Crippen LogP contribution in [-0.2, 0) is 23.7 Å². The number of halogens is 1. The first-order chi connectivity index (χ1) is 20.7. The van der Waals surface area contributed by atoms with E-state index in [1.807, 2.05) is 45.9 Å². The van der Waals surface area contributed by atoms with Gasteiger partial charge in [0.15, 0.2) is 5.13 Å². The molecule has 0 atom stereocenters. The molecule has 2 N–H and O–H groups in total. The van der Waals surface area contributed by atoms with Gasteiger partial charge in [-0.1, -0.05) is 35.1 Å². The number of hydrogen-bond acceptors (Lipinski definition) is 14. The highest BCUT2D eigenvalue weighted by atomic mass is 35.5. The first-order valence-electron chi connectivity index (χ1n) is 13.6. The van der Waals surface area contributed by atoms with Crippen molar-refractivity contribution in [3.63, 3.8) is 0 Å². The number of aryl methyl sites for hydroxylation is 2. The van der Waals surface area contributed by atoms with E-state index in [1.165, 1.54) is 17.5 Å². The molecule has 0 saturated carbocycles. The highest BCUT2D eigenvalue weighted by Crippen LogP contribution is 2.48. The summed E-state index contributed by atoms with van der Waals surface area (Å²) in [7, 11) is -7.05. The van der Waals surface area contributed by atoms with Gasteiger partial charge in [0.1, 0.15) is 28.6 Å². The number of carbonyl (C=O) groups is 1. The van der Waals surface area contributed by atoms with Crippen molar-refractivity contribution in [3.05, 3.63) is 51.7 Å². The van der Waals surface area contributed by atoms with E-state index in [-0.39, 0.29) is 12.2 Å². The van der Waals surface area contributed by atoms with Gasteiger partial charge in [-0.2, -0.15) is 0 Å². The molecule has 1 aromatic carbocycles. The molecule has 0 aliphatic carbocycles. The minimum absolute atomic E-state index is 0.272. The summed E-state index contributed by atoms with van der Waals surface area (Å²) in [5, 5.41) is 7.08. The third kappa shape index (κ3) is 11.3. The summed E-state index contributed by atoms with van der Waals surface area (Å²) in [4.78, 5) is 30.9. The van der Waals surface area contributed by atoms with Crippen molar-refractivity contribution < 1.29 is 31.4 Å². The predicted octanol–water partition coefficient (Wildman–Crippen LogP) is 4.71. The smallest absolute Gasteiger partial charge is 0.344 e. The van der Waals surface area contributed by atoms with Crippen LogP contribution >= 0.6 is 30.5 Å². The molecule has 242 valence electrons. The Morgan fingerprint density at radius 3 is 2.36 bits per heavy atom. The molecule has 1 amide bonds. The summed E-state index contributed by atoms with van der Waals surface area (Å²) < 4.78 is 51.0. The second-order valence-corrected chi connectivity index (χ2v) is 14.5. The summed E-state index contributed by atoms with van der Waals surface area (Å²) in [5.74, 6) is 1.69. The molecule has 1 fully saturated rings. The fourth-order valence-electron chi connectivity index (χ4n) is 4.17. The molecule has 3 aromatic rings. The van der Waals surface area contributed by atoms with Crippen LogP contribution in [0.25, 0.3) is 0 Å². The van der Waals surface area contributed by atoms with E-state index in [2.05, 4.69) is 35.4 Å². The lowest BCUT2D eigenvalue weighted by atomic mass is 10.2. The van der Waals surface area contributed by atoms with Crippen LogP contribution < -0.4 is 15.5 Å². The molecule has 0 radical (unpaired) electrons. The Balaban J connectivity index is 0.000000978. The van der Waals surface area contributed by atoms with Crippen LogP contribution in [0.1, 0.15) is 34.9 Å². The van der Waals surface area contributed by atoms with E-state index in [0.717, 1.165) is 11.4 Å². The topological polar surface area (TPSA) is 179 Å². The molecule has 44 heavy (non-hydrogen) atoms. The minimum atomic E-state index is -3.92. The Labute approximate surface area is 266 Å². The third-order valence-electron chi connectivity index (χ3n) is 5.97. The number of hydrogen-bond donors (Lipinski definition) is 2. The number of carbonyl (C=O) groups excluding carboxylic acids is 1. The van der Waals surface area contributed by atoms with Crippen molar-refractivity contribution in [3.8, 4) is 0 Å². The number of nitrogens with zero attached hydrogens (tertiary/aromatic N) is 5. The molecule has 3 heterocycles. The van der Waals surface area contributed by atoms with Gasteiger partial charge in [0.05, 0.1) is 40.2 Å². The van der Waals surface area contributed by atoms with Gasteiger partial charge >= 0.3 is 7.60 Å².